The molecule has 0 aromatic carbocycles. The van der Waals surface area contributed by atoms with Crippen molar-refractivity contribution in [2.45, 2.75) is 76.9 Å². The molecule has 2 aliphatic heterocycles. The van der Waals surface area contributed by atoms with E-state index in [0.717, 1.165) is 24.0 Å². The minimum absolute atomic E-state index is 0.758. The van der Waals surface area contributed by atoms with Crippen molar-refractivity contribution in [2.24, 2.45) is 5.92 Å². The number of nitrogens with zero attached hydrogens (tertiary/aromatic N) is 2. The van der Waals surface area contributed by atoms with Crippen molar-refractivity contribution in [1.29, 1.82) is 0 Å². The second kappa shape index (κ2) is 7.43. The highest BCUT2D eigenvalue weighted by Gasteiger charge is 2.36. The first kappa shape index (κ1) is 15.8. The van der Waals surface area contributed by atoms with Crippen molar-refractivity contribution in [2.75, 3.05) is 32.7 Å². The van der Waals surface area contributed by atoms with Crippen molar-refractivity contribution in [3.63, 3.8) is 0 Å². The smallest absolute Gasteiger partial charge is 0.0224 e. The molecule has 0 aromatic heterocycles. The van der Waals surface area contributed by atoms with Crippen LogP contribution in [0.25, 0.3) is 0 Å². The maximum Gasteiger partial charge on any atom is 0.0224 e. The minimum atomic E-state index is 0.758. The maximum atomic E-state index is 3.84. The first-order valence-electron chi connectivity index (χ1n) is 9.49. The van der Waals surface area contributed by atoms with Crippen LogP contribution in [0, 0.1) is 5.92 Å². The lowest BCUT2D eigenvalue weighted by Gasteiger charge is -2.45. The summed E-state index contributed by atoms with van der Waals surface area (Å²) >= 11 is 0. The van der Waals surface area contributed by atoms with Gasteiger partial charge < -0.3 is 5.32 Å². The Morgan fingerprint density at radius 1 is 1.05 bits per heavy atom. The Hall–Kier alpha value is -0.120. The van der Waals surface area contributed by atoms with Gasteiger partial charge in [0.2, 0.25) is 0 Å². The summed E-state index contributed by atoms with van der Waals surface area (Å²) < 4.78 is 0. The lowest BCUT2D eigenvalue weighted by Crippen LogP contribution is -2.57. The van der Waals surface area contributed by atoms with Gasteiger partial charge in [0, 0.05) is 37.8 Å². The molecule has 4 unspecified atom stereocenters. The van der Waals surface area contributed by atoms with Crippen molar-refractivity contribution in [3.05, 3.63) is 0 Å². The molecule has 2 heterocycles. The summed E-state index contributed by atoms with van der Waals surface area (Å²) in [5.41, 5.74) is 0. The Labute approximate surface area is 131 Å². The van der Waals surface area contributed by atoms with E-state index in [9.17, 15) is 0 Å². The SMILES string of the molecule is CCCNC1CCCCC1CN1CC2CCCN2CC1C. The van der Waals surface area contributed by atoms with Crippen molar-refractivity contribution < 1.29 is 0 Å². The van der Waals surface area contributed by atoms with Gasteiger partial charge in [0.1, 0.15) is 0 Å². The molecule has 122 valence electrons. The highest BCUT2D eigenvalue weighted by Crippen LogP contribution is 2.29. The molecule has 3 heteroatoms. The zero-order chi connectivity index (χ0) is 14.7. The zero-order valence-electron chi connectivity index (χ0n) is 14.2. The number of hydrogen-bond donors (Lipinski definition) is 1. The van der Waals surface area contributed by atoms with Crippen LogP contribution in [0.3, 0.4) is 0 Å². The Balaban J connectivity index is 1.55. The van der Waals surface area contributed by atoms with Gasteiger partial charge in [0.05, 0.1) is 0 Å². The molecule has 3 nitrogen and oxygen atoms in total. The molecule has 1 N–H and O–H groups in total. The van der Waals surface area contributed by atoms with Crippen LogP contribution in [0.2, 0.25) is 0 Å². The first-order chi connectivity index (χ1) is 10.3. The number of rotatable bonds is 5. The van der Waals surface area contributed by atoms with Gasteiger partial charge >= 0.3 is 0 Å². The molecule has 0 aromatic rings. The topological polar surface area (TPSA) is 18.5 Å². The number of hydrogen-bond acceptors (Lipinski definition) is 3. The third-order valence-electron chi connectivity index (χ3n) is 6.10. The third kappa shape index (κ3) is 3.80. The molecule has 1 saturated carbocycles. The Bertz CT molecular complexity index is 320. The molecule has 1 aliphatic carbocycles. The van der Waals surface area contributed by atoms with E-state index in [1.165, 1.54) is 77.7 Å². The molecule has 3 aliphatic rings. The Kier molecular flexibility index (Phi) is 5.58. The number of piperazine rings is 1. The van der Waals surface area contributed by atoms with E-state index in [4.69, 9.17) is 0 Å². The normalized spacial score (nSPS) is 38.6. The molecular formula is C18H35N3. The minimum Gasteiger partial charge on any atom is -0.314 e. The lowest BCUT2D eigenvalue weighted by molar-refractivity contribution is 0.0379. The molecule has 0 amide bonds. The largest absolute Gasteiger partial charge is 0.314 e. The fraction of sp³-hybridized carbons (Fsp3) is 1.00. The molecular weight excluding hydrogens is 258 g/mol. The van der Waals surface area contributed by atoms with Crippen LogP contribution >= 0.6 is 0 Å². The Morgan fingerprint density at radius 2 is 1.90 bits per heavy atom. The molecule has 3 rings (SSSR count). The molecule has 3 fully saturated rings. The fourth-order valence-electron chi connectivity index (χ4n) is 4.83. The van der Waals surface area contributed by atoms with E-state index in [0.29, 0.717) is 0 Å². The van der Waals surface area contributed by atoms with Gasteiger partial charge in [-0.2, -0.15) is 0 Å². The molecule has 21 heavy (non-hydrogen) atoms. The quantitative estimate of drug-likeness (QED) is 0.841. The Morgan fingerprint density at radius 3 is 2.76 bits per heavy atom. The lowest BCUT2D eigenvalue weighted by atomic mass is 9.83. The molecule has 0 radical (unpaired) electrons. The molecule has 0 spiro atoms. The van der Waals surface area contributed by atoms with Gasteiger partial charge in [0.25, 0.3) is 0 Å². The van der Waals surface area contributed by atoms with E-state index < -0.39 is 0 Å². The van der Waals surface area contributed by atoms with E-state index >= 15 is 0 Å². The van der Waals surface area contributed by atoms with Crippen LogP contribution in [0.4, 0.5) is 0 Å². The predicted octanol–water partition coefficient (Wildman–Crippen LogP) is 2.71. The monoisotopic (exact) mass is 293 g/mol. The third-order valence-corrected chi connectivity index (χ3v) is 6.10. The van der Waals surface area contributed by atoms with Crippen LogP contribution in [-0.4, -0.2) is 60.6 Å². The van der Waals surface area contributed by atoms with Gasteiger partial charge in [-0.15, -0.1) is 0 Å². The highest BCUT2D eigenvalue weighted by molar-refractivity contribution is 4.93. The molecule has 2 saturated heterocycles. The number of nitrogens with one attached hydrogen (secondary N) is 1. The van der Waals surface area contributed by atoms with Crippen molar-refractivity contribution in [1.82, 2.24) is 15.1 Å². The van der Waals surface area contributed by atoms with Gasteiger partial charge in [-0.25, -0.2) is 0 Å². The summed E-state index contributed by atoms with van der Waals surface area (Å²) in [6, 6.07) is 2.41. The maximum absolute atomic E-state index is 3.84. The van der Waals surface area contributed by atoms with Gasteiger partial charge in [-0.3, -0.25) is 9.80 Å². The van der Waals surface area contributed by atoms with Gasteiger partial charge in [0.15, 0.2) is 0 Å². The van der Waals surface area contributed by atoms with E-state index in [2.05, 4.69) is 29.0 Å². The average Bonchev–Trinajstić information content (AvgIpc) is 2.94. The second-order valence-electron chi connectivity index (χ2n) is 7.70. The van der Waals surface area contributed by atoms with Gasteiger partial charge in [-0.05, 0) is 58.0 Å². The van der Waals surface area contributed by atoms with Crippen molar-refractivity contribution >= 4 is 0 Å². The summed E-state index contributed by atoms with van der Waals surface area (Å²) in [5, 5.41) is 3.84. The van der Waals surface area contributed by atoms with E-state index in [1.807, 2.05) is 0 Å². The fourth-order valence-corrected chi connectivity index (χ4v) is 4.83. The van der Waals surface area contributed by atoms with Crippen LogP contribution in [0.1, 0.15) is 58.8 Å². The standard InChI is InChI=1S/C18H35N3/c1-3-10-19-18-9-5-4-7-16(18)13-21-14-17-8-6-11-20(17)12-15(21)2/h15-19H,3-14H2,1-2H3. The summed E-state index contributed by atoms with van der Waals surface area (Å²) in [7, 11) is 0. The number of fused-ring (bicyclic) bond motifs is 1. The van der Waals surface area contributed by atoms with Crippen LogP contribution in [0.15, 0.2) is 0 Å². The second-order valence-corrected chi connectivity index (χ2v) is 7.70. The highest BCUT2D eigenvalue weighted by atomic mass is 15.3. The molecule has 4 atom stereocenters. The summed E-state index contributed by atoms with van der Waals surface area (Å²) in [6.45, 7) is 11.3. The van der Waals surface area contributed by atoms with Crippen molar-refractivity contribution in [3.8, 4) is 0 Å². The van der Waals surface area contributed by atoms with E-state index in [-0.39, 0.29) is 0 Å². The summed E-state index contributed by atoms with van der Waals surface area (Å²) in [5.74, 6) is 0.890. The summed E-state index contributed by atoms with van der Waals surface area (Å²) in [4.78, 5) is 5.57. The average molecular weight is 293 g/mol. The van der Waals surface area contributed by atoms with Crippen LogP contribution in [0.5, 0.6) is 0 Å². The molecule has 0 bridgehead atoms. The van der Waals surface area contributed by atoms with Crippen LogP contribution < -0.4 is 5.32 Å². The zero-order valence-corrected chi connectivity index (χ0v) is 14.2. The first-order valence-corrected chi connectivity index (χ1v) is 9.49. The predicted molar refractivity (Wildman–Crippen MR) is 89.7 cm³/mol. The van der Waals surface area contributed by atoms with E-state index in [1.54, 1.807) is 0 Å². The van der Waals surface area contributed by atoms with Crippen LogP contribution in [-0.2, 0) is 0 Å². The summed E-state index contributed by atoms with van der Waals surface area (Å²) in [6.07, 6.45) is 9.86. The van der Waals surface area contributed by atoms with Gasteiger partial charge in [-0.1, -0.05) is 19.8 Å².